The van der Waals surface area contributed by atoms with Crippen molar-refractivity contribution in [2.45, 2.75) is 64.2 Å². The second-order valence-corrected chi connectivity index (χ2v) is 8.17. The quantitative estimate of drug-likeness (QED) is 0.866. The lowest BCUT2D eigenvalue weighted by atomic mass is 9.89. The summed E-state index contributed by atoms with van der Waals surface area (Å²) in [4.78, 5) is 4.47. The third-order valence-electron chi connectivity index (χ3n) is 3.56. The van der Waals surface area contributed by atoms with Crippen LogP contribution in [0.4, 0.5) is 0 Å². The molecule has 0 bridgehead atoms. The van der Waals surface area contributed by atoms with E-state index in [1.165, 1.54) is 11.1 Å². The molecule has 1 aliphatic rings. The fourth-order valence-corrected chi connectivity index (χ4v) is 3.21. The standard InChI is InChI=1S/C15H24N2OS/c1-5-12-9-13-11(10-16-12)7-6-8-14(13)17-19(18)15(2,3)4/h9-10,14,17H,5-8H2,1-4H3. The third kappa shape index (κ3) is 3.50. The molecule has 0 aliphatic heterocycles. The molecule has 0 saturated carbocycles. The first-order chi connectivity index (χ1) is 8.91. The van der Waals surface area contributed by atoms with Crippen LogP contribution in [0.1, 0.15) is 63.4 Å². The first-order valence-electron chi connectivity index (χ1n) is 7.07. The number of nitrogens with zero attached hydrogens (tertiary/aromatic N) is 1. The van der Waals surface area contributed by atoms with E-state index in [0.29, 0.717) is 0 Å². The number of hydrogen-bond acceptors (Lipinski definition) is 3. The van der Waals surface area contributed by atoms with Gasteiger partial charge in [-0.2, -0.15) is 0 Å². The lowest BCUT2D eigenvalue weighted by molar-refractivity contribution is 0.488. The van der Waals surface area contributed by atoms with E-state index in [2.05, 4.69) is 22.7 Å². The van der Waals surface area contributed by atoms with E-state index in [1.807, 2.05) is 27.0 Å². The minimum absolute atomic E-state index is 0.206. The molecule has 1 aliphatic carbocycles. The van der Waals surface area contributed by atoms with Crippen molar-refractivity contribution >= 4 is 11.4 Å². The Morgan fingerprint density at radius 2 is 2.21 bits per heavy atom. The molecule has 2 unspecified atom stereocenters. The molecule has 0 fully saturated rings. The Balaban J connectivity index is 2.21. The van der Waals surface area contributed by atoms with Crippen LogP contribution in [0.25, 0.3) is 0 Å². The highest BCUT2D eigenvalue weighted by Crippen LogP contribution is 2.31. The second-order valence-electron chi connectivity index (χ2n) is 6.17. The predicted octanol–water partition coefficient (Wildman–Crippen LogP) is 3.07. The molecule has 0 spiro atoms. The van der Waals surface area contributed by atoms with Gasteiger partial charge in [-0.25, -0.2) is 0 Å². The lowest BCUT2D eigenvalue weighted by Gasteiger charge is -2.31. The van der Waals surface area contributed by atoms with Gasteiger partial charge in [0.15, 0.2) is 0 Å². The maximum atomic E-state index is 12.3. The molecule has 0 radical (unpaired) electrons. The molecular weight excluding hydrogens is 256 g/mol. The van der Waals surface area contributed by atoms with Crippen molar-refractivity contribution in [1.82, 2.24) is 9.71 Å². The van der Waals surface area contributed by atoms with E-state index in [1.54, 1.807) is 0 Å². The van der Waals surface area contributed by atoms with Gasteiger partial charge in [-0.1, -0.05) is 6.92 Å². The average Bonchev–Trinajstić information content (AvgIpc) is 2.37. The van der Waals surface area contributed by atoms with Crippen LogP contribution in [-0.4, -0.2) is 14.3 Å². The van der Waals surface area contributed by atoms with Gasteiger partial charge < -0.3 is 4.55 Å². The van der Waals surface area contributed by atoms with Crippen molar-refractivity contribution < 1.29 is 4.55 Å². The van der Waals surface area contributed by atoms with E-state index in [-0.39, 0.29) is 10.8 Å². The van der Waals surface area contributed by atoms with Gasteiger partial charge in [0.1, 0.15) is 4.75 Å². The normalized spacial score (nSPS) is 21.0. The fourth-order valence-electron chi connectivity index (χ4n) is 2.35. The van der Waals surface area contributed by atoms with Crippen LogP contribution < -0.4 is 4.72 Å². The summed E-state index contributed by atoms with van der Waals surface area (Å²) in [5.74, 6) is 0. The summed E-state index contributed by atoms with van der Waals surface area (Å²) in [6.07, 6.45) is 6.23. The molecule has 4 heteroatoms. The highest BCUT2D eigenvalue weighted by molar-refractivity contribution is 7.90. The maximum absolute atomic E-state index is 12.3. The number of aromatic nitrogens is 1. The summed E-state index contributed by atoms with van der Waals surface area (Å²) in [6.45, 7) is 8.13. The topological polar surface area (TPSA) is 48.0 Å². The van der Waals surface area contributed by atoms with E-state index in [4.69, 9.17) is 0 Å². The number of rotatable bonds is 3. The zero-order valence-electron chi connectivity index (χ0n) is 12.3. The number of hydrogen-bond donors (Lipinski definition) is 1. The van der Waals surface area contributed by atoms with E-state index < -0.39 is 11.4 Å². The zero-order chi connectivity index (χ0) is 14.0. The van der Waals surface area contributed by atoms with Crippen molar-refractivity contribution in [3.63, 3.8) is 0 Å². The summed E-state index contributed by atoms with van der Waals surface area (Å²) in [5.41, 5.74) is 3.73. The Hall–Kier alpha value is -0.580. The van der Waals surface area contributed by atoms with Gasteiger partial charge in [-0.3, -0.25) is 4.98 Å². The highest BCUT2D eigenvalue weighted by Gasteiger charge is 2.31. The lowest BCUT2D eigenvalue weighted by Crippen LogP contribution is -2.42. The highest BCUT2D eigenvalue weighted by atomic mass is 32.2. The molecule has 0 aromatic carbocycles. The molecule has 19 heavy (non-hydrogen) atoms. The van der Waals surface area contributed by atoms with Crippen molar-refractivity contribution in [3.8, 4) is 0 Å². The van der Waals surface area contributed by atoms with Crippen molar-refractivity contribution in [2.24, 2.45) is 0 Å². The molecule has 3 nitrogen and oxygen atoms in total. The smallest absolute Gasteiger partial charge is 0.136 e. The summed E-state index contributed by atoms with van der Waals surface area (Å²) in [6, 6.07) is 2.39. The molecule has 0 amide bonds. The first kappa shape index (κ1) is 14.8. The van der Waals surface area contributed by atoms with Crippen molar-refractivity contribution in [3.05, 3.63) is 29.1 Å². The molecule has 106 valence electrons. The second kappa shape index (κ2) is 5.81. The van der Waals surface area contributed by atoms with Crippen LogP contribution in [0.5, 0.6) is 0 Å². The van der Waals surface area contributed by atoms with Crippen LogP contribution in [0.3, 0.4) is 0 Å². The zero-order valence-corrected chi connectivity index (χ0v) is 13.1. The Bertz CT molecular complexity index is 442. The van der Waals surface area contributed by atoms with Crippen LogP contribution >= 0.6 is 0 Å². The molecule has 2 rings (SSSR count). The minimum atomic E-state index is -1.02. The van der Waals surface area contributed by atoms with Gasteiger partial charge in [0.25, 0.3) is 0 Å². The Labute approximate surface area is 119 Å². The van der Waals surface area contributed by atoms with Gasteiger partial charge in [0.05, 0.1) is 6.04 Å². The van der Waals surface area contributed by atoms with Crippen LogP contribution in [-0.2, 0) is 24.2 Å². The Morgan fingerprint density at radius 3 is 2.84 bits per heavy atom. The summed E-state index contributed by atoms with van der Waals surface area (Å²) in [7, 11) is 0. The van der Waals surface area contributed by atoms with Crippen LogP contribution in [0.15, 0.2) is 12.3 Å². The summed E-state index contributed by atoms with van der Waals surface area (Å²) in [5, 5.41) is 0. The van der Waals surface area contributed by atoms with E-state index in [0.717, 1.165) is 31.4 Å². The molecule has 1 N–H and O–H groups in total. The average molecular weight is 280 g/mol. The summed E-state index contributed by atoms with van der Waals surface area (Å²) >= 11 is -1.02. The van der Waals surface area contributed by atoms with Crippen molar-refractivity contribution in [2.75, 3.05) is 0 Å². The molecule has 1 heterocycles. The van der Waals surface area contributed by atoms with Gasteiger partial charge in [-0.15, -0.1) is 4.72 Å². The van der Waals surface area contributed by atoms with Crippen LogP contribution in [0, 0.1) is 0 Å². The monoisotopic (exact) mass is 280 g/mol. The molecule has 1 aromatic rings. The third-order valence-corrected chi connectivity index (χ3v) is 5.17. The molecule has 0 saturated heterocycles. The number of nitrogens with one attached hydrogen (secondary N) is 1. The Kier molecular flexibility index (Phi) is 4.54. The summed E-state index contributed by atoms with van der Waals surface area (Å²) < 4.78 is 15.4. The van der Waals surface area contributed by atoms with Crippen LogP contribution in [0.2, 0.25) is 0 Å². The van der Waals surface area contributed by atoms with Gasteiger partial charge in [-0.05, 0) is 63.6 Å². The van der Waals surface area contributed by atoms with Gasteiger partial charge >= 0.3 is 0 Å². The maximum Gasteiger partial charge on any atom is 0.136 e. The minimum Gasteiger partial charge on any atom is -0.598 e. The first-order valence-corrected chi connectivity index (χ1v) is 8.22. The van der Waals surface area contributed by atoms with E-state index >= 15 is 0 Å². The largest absolute Gasteiger partial charge is 0.598 e. The molecule has 1 aromatic heterocycles. The van der Waals surface area contributed by atoms with Gasteiger partial charge in [0, 0.05) is 23.3 Å². The number of pyridine rings is 1. The molecular formula is C15H24N2OS. The number of aryl methyl sites for hydroxylation is 2. The SMILES string of the molecule is CCc1cc2c(cn1)CCCC2N[S+]([O-])C(C)(C)C. The molecule has 2 atom stereocenters. The fraction of sp³-hybridized carbons (Fsp3) is 0.667. The Morgan fingerprint density at radius 1 is 1.47 bits per heavy atom. The van der Waals surface area contributed by atoms with E-state index in [9.17, 15) is 4.55 Å². The van der Waals surface area contributed by atoms with Crippen molar-refractivity contribution in [1.29, 1.82) is 0 Å². The van der Waals surface area contributed by atoms with Gasteiger partial charge in [0.2, 0.25) is 0 Å². The predicted molar refractivity (Wildman–Crippen MR) is 80.3 cm³/mol. The number of fused-ring (bicyclic) bond motifs is 1.